The highest BCUT2D eigenvalue weighted by Gasteiger charge is 2.03. The van der Waals surface area contributed by atoms with E-state index in [1.807, 2.05) is 48.5 Å². The molecular weight excluding hydrogens is 264 g/mol. The van der Waals surface area contributed by atoms with Gasteiger partial charge in [-0.3, -0.25) is 0 Å². The van der Waals surface area contributed by atoms with Gasteiger partial charge in [0.15, 0.2) is 0 Å². The Labute approximate surface area is 122 Å². The number of hydrogen-bond donors (Lipinski definition) is 3. The van der Waals surface area contributed by atoms with Gasteiger partial charge in [0.2, 0.25) is 0 Å². The molecule has 0 saturated carbocycles. The summed E-state index contributed by atoms with van der Waals surface area (Å²) in [5, 5.41) is 5.66. The number of imidazole rings is 1. The van der Waals surface area contributed by atoms with Gasteiger partial charge in [-0.2, -0.15) is 0 Å². The molecule has 2 aromatic carbocycles. The molecule has 0 unspecified atom stereocenters. The van der Waals surface area contributed by atoms with Gasteiger partial charge in [-0.25, -0.2) is 9.78 Å². The second kappa shape index (κ2) is 6.09. The zero-order valence-electron chi connectivity index (χ0n) is 11.5. The number of carbonyl (C=O) groups is 1. The van der Waals surface area contributed by atoms with E-state index < -0.39 is 0 Å². The number of amides is 2. The maximum Gasteiger partial charge on any atom is 0.319 e. The second-order valence-corrected chi connectivity index (χ2v) is 4.75. The minimum atomic E-state index is -0.204. The number of benzene rings is 2. The standard InChI is InChI=1S/C16H16N4O/c21-16(17-9-8-12-4-2-1-3-5-12)20-13-6-7-14-15(10-13)19-11-18-14/h1-7,10-11H,8-9H2,(H,18,19)(H2,17,20,21). The number of H-pyrrole nitrogens is 1. The molecule has 0 bridgehead atoms. The first-order valence-corrected chi connectivity index (χ1v) is 6.83. The van der Waals surface area contributed by atoms with Crippen molar-refractivity contribution in [1.29, 1.82) is 0 Å². The Bertz CT molecular complexity index is 736. The van der Waals surface area contributed by atoms with Crippen LogP contribution in [0.3, 0.4) is 0 Å². The molecule has 1 heterocycles. The number of anilines is 1. The molecule has 0 aliphatic carbocycles. The Morgan fingerprint density at radius 3 is 2.86 bits per heavy atom. The average Bonchev–Trinajstić information content (AvgIpc) is 2.96. The molecule has 0 spiro atoms. The van der Waals surface area contributed by atoms with Crippen LogP contribution in [-0.2, 0) is 6.42 Å². The fraction of sp³-hybridized carbons (Fsp3) is 0.125. The Morgan fingerprint density at radius 1 is 1.14 bits per heavy atom. The van der Waals surface area contributed by atoms with Crippen LogP contribution in [0.2, 0.25) is 0 Å². The normalized spacial score (nSPS) is 10.5. The van der Waals surface area contributed by atoms with Crippen LogP contribution in [0.1, 0.15) is 5.56 Å². The van der Waals surface area contributed by atoms with Gasteiger partial charge >= 0.3 is 6.03 Å². The van der Waals surface area contributed by atoms with Crippen molar-refractivity contribution in [2.75, 3.05) is 11.9 Å². The molecule has 0 radical (unpaired) electrons. The molecule has 0 aliphatic rings. The lowest BCUT2D eigenvalue weighted by Crippen LogP contribution is -2.30. The summed E-state index contributed by atoms with van der Waals surface area (Å²) in [4.78, 5) is 19.0. The van der Waals surface area contributed by atoms with E-state index in [4.69, 9.17) is 0 Å². The van der Waals surface area contributed by atoms with E-state index in [1.165, 1.54) is 5.56 Å². The Hall–Kier alpha value is -2.82. The lowest BCUT2D eigenvalue weighted by Gasteiger charge is -2.07. The van der Waals surface area contributed by atoms with Crippen LogP contribution >= 0.6 is 0 Å². The Morgan fingerprint density at radius 2 is 2.00 bits per heavy atom. The van der Waals surface area contributed by atoms with E-state index in [-0.39, 0.29) is 6.03 Å². The quantitative estimate of drug-likeness (QED) is 0.687. The SMILES string of the molecule is O=C(NCCc1ccccc1)Nc1ccc2nc[nH]c2c1. The lowest BCUT2D eigenvalue weighted by molar-refractivity contribution is 0.252. The number of aromatic amines is 1. The van der Waals surface area contributed by atoms with Gasteiger partial charge in [-0.1, -0.05) is 30.3 Å². The maximum absolute atomic E-state index is 11.8. The number of rotatable bonds is 4. The maximum atomic E-state index is 11.8. The zero-order valence-corrected chi connectivity index (χ0v) is 11.5. The number of aromatic nitrogens is 2. The molecule has 3 N–H and O–H groups in total. The third kappa shape index (κ3) is 3.39. The lowest BCUT2D eigenvalue weighted by atomic mass is 10.1. The van der Waals surface area contributed by atoms with Crippen molar-refractivity contribution in [2.45, 2.75) is 6.42 Å². The molecule has 2 amide bonds. The first kappa shape index (κ1) is 13.2. The molecule has 0 fully saturated rings. The van der Waals surface area contributed by atoms with Gasteiger partial charge < -0.3 is 15.6 Å². The molecule has 0 aliphatic heterocycles. The molecule has 21 heavy (non-hydrogen) atoms. The van der Waals surface area contributed by atoms with Gasteiger partial charge in [0.1, 0.15) is 0 Å². The monoisotopic (exact) mass is 280 g/mol. The van der Waals surface area contributed by atoms with Crippen molar-refractivity contribution in [2.24, 2.45) is 0 Å². The van der Waals surface area contributed by atoms with Crippen LogP contribution in [0, 0.1) is 0 Å². The third-order valence-electron chi connectivity index (χ3n) is 3.22. The number of urea groups is 1. The van der Waals surface area contributed by atoms with E-state index in [0.29, 0.717) is 6.54 Å². The van der Waals surface area contributed by atoms with Crippen molar-refractivity contribution in [3.63, 3.8) is 0 Å². The highest BCUT2D eigenvalue weighted by atomic mass is 16.2. The first-order chi connectivity index (χ1) is 10.3. The van der Waals surface area contributed by atoms with E-state index in [0.717, 1.165) is 23.1 Å². The minimum absolute atomic E-state index is 0.204. The van der Waals surface area contributed by atoms with Gasteiger partial charge in [0.05, 0.1) is 17.4 Å². The Kier molecular flexibility index (Phi) is 3.82. The highest BCUT2D eigenvalue weighted by Crippen LogP contribution is 2.15. The topological polar surface area (TPSA) is 69.8 Å². The second-order valence-electron chi connectivity index (χ2n) is 4.75. The van der Waals surface area contributed by atoms with Crippen LogP contribution in [0.25, 0.3) is 11.0 Å². The van der Waals surface area contributed by atoms with Gasteiger partial charge in [0.25, 0.3) is 0 Å². The molecule has 106 valence electrons. The van der Waals surface area contributed by atoms with E-state index >= 15 is 0 Å². The van der Waals surface area contributed by atoms with Crippen molar-refractivity contribution in [3.8, 4) is 0 Å². The highest BCUT2D eigenvalue weighted by molar-refractivity contribution is 5.91. The molecule has 5 heteroatoms. The summed E-state index contributed by atoms with van der Waals surface area (Å²) >= 11 is 0. The smallest absolute Gasteiger partial charge is 0.319 e. The molecular formula is C16H16N4O. The largest absolute Gasteiger partial charge is 0.345 e. The molecule has 1 aromatic heterocycles. The third-order valence-corrected chi connectivity index (χ3v) is 3.22. The number of carbonyl (C=O) groups excluding carboxylic acids is 1. The van der Waals surface area contributed by atoms with Gasteiger partial charge in [0, 0.05) is 12.2 Å². The molecule has 3 rings (SSSR count). The predicted molar refractivity (Wildman–Crippen MR) is 83.3 cm³/mol. The van der Waals surface area contributed by atoms with E-state index in [9.17, 15) is 4.79 Å². The van der Waals surface area contributed by atoms with Crippen LogP contribution in [0.4, 0.5) is 10.5 Å². The molecule has 3 aromatic rings. The summed E-state index contributed by atoms with van der Waals surface area (Å²) in [6.45, 7) is 0.599. The van der Waals surface area contributed by atoms with Gasteiger partial charge in [-0.15, -0.1) is 0 Å². The Balaban J connectivity index is 1.51. The van der Waals surface area contributed by atoms with Crippen molar-refractivity contribution >= 4 is 22.8 Å². The number of nitrogens with one attached hydrogen (secondary N) is 3. The summed E-state index contributed by atoms with van der Waals surface area (Å²) < 4.78 is 0. The average molecular weight is 280 g/mol. The van der Waals surface area contributed by atoms with Gasteiger partial charge in [-0.05, 0) is 30.2 Å². The van der Waals surface area contributed by atoms with Crippen LogP contribution in [-0.4, -0.2) is 22.5 Å². The summed E-state index contributed by atoms with van der Waals surface area (Å²) in [6, 6.07) is 15.4. The summed E-state index contributed by atoms with van der Waals surface area (Å²) in [7, 11) is 0. The van der Waals surface area contributed by atoms with Crippen LogP contribution < -0.4 is 10.6 Å². The first-order valence-electron chi connectivity index (χ1n) is 6.83. The van der Waals surface area contributed by atoms with Crippen LogP contribution in [0.15, 0.2) is 54.9 Å². The fourth-order valence-electron chi connectivity index (χ4n) is 2.15. The van der Waals surface area contributed by atoms with Crippen LogP contribution in [0.5, 0.6) is 0 Å². The van der Waals surface area contributed by atoms with Crippen molar-refractivity contribution in [1.82, 2.24) is 15.3 Å². The molecule has 0 saturated heterocycles. The summed E-state index contributed by atoms with van der Waals surface area (Å²) in [5.41, 5.74) is 3.72. The van der Waals surface area contributed by atoms with E-state index in [2.05, 4.69) is 20.6 Å². The number of hydrogen-bond acceptors (Lipinski definition) is 2. The fourth-order valence-corrected chi connectivity index (χ4v) is 2.15. The van der Waals surface area contributed by atoms with Crippen molar-refractivity contribution < 1.29 is 4.79 Å². The zero-order chi connectivity index (χ0) is 14.5. The minimum Gasteiger partial charge on any atom is -0.345 e. The molecule has 0 atom stereocenters. The number of nitrogens with zero attached hydrogens (tertiary/aromatic N) is 1. The van der Waals surface area contributed by atoms with E-state index in [1.54, 1.807) is 6.33 Å². The van der Waals surface area contributed by atoms with Crippen molar-refractivity contribution in [3.05, 3.63) is 60.4 Å². The summed E-state index contributed by atoms with van der Waals surface area (Å²) in [6.07, 6.45) is 2.45. The number of fused-ring (bicyclic) bond motifs is 1. The summed E-state index contributed by atoms with van der Waals surface area (Å²) in [5.74, 6) is 0. The molecule has 5 nitrogen and oxygen atoms in total. The predicted octanol–water partition coefficient (Wildman–Crippen LogP) is 2.93.